The molecule has 0 saturated carbocycles. The third-order valence-electron chi connectivity index (χ3n) is 3.48. The van der Waals surface area contributed by atoms with Crippen LogP contribution in [-0.4, -0.2) is 14.5 Å². The lowest BCUT2D eigenvalue weighted by atomic mass is 10.2. The number of rotatable bonds is 1. The van der Waals surface area contributed by atoms with Crippen LogP contribution in [0.2, 0.25) is 0 Å². The van der Waals surface area contributed by atoms with Gasteiger partial charge in [-0.1, -0.05) is 40.2 Å². The van der Waals surface area contributed by atoms with Gasteiger partial charge in [-0.05, 0) is 24.3 Å². The van der Waals surface area contributed by atoms with E-state index < -0.39 is 0 Å². The van der Waals surface area contributed by atoms with E-state index in [1.807, 2.05) is 53.1 Å². The number of hydrogen-bond donors (Lipinski definition) is 1. The number of imidazole rings is 1. The molecule has 0 bridgehead atoms. The molecular formula is C16H11BrN4. The maximum Gasteiger partial charge on any atom is 0.206 e. The average molecular weight is 339 g/mol. The van der Waals surface area contributed by atoms with Crippen molar-refractivity contribution >= 4 is 43.8 Å². The number of nitrogens with two attached hydrogens (primary N) is 1. The van der Waals surface area contributed by atoms with Crippen molar-refractivity contribution in [3.63, 3.8) is 0 Å². The van der Waals surface area contributed by atoms with Gasteiger partial charge in [0.15, 0.2) is 0 Å². The van der Waals surface area contributed by atoms with Crippen molar-refractivity contribution in [3.8, 4) is 5.69 Å². The Morgan fingerprint density at radius 2 is 1.86 bits per heavy atom. The molecule has 0 amide bonds. The normalized spacial score (nSPS) is 11.3. The van der Waals surface area contributed by atoms with Crippen molar-refractivity contribution in [2.75, 3.05) is 5.73 Å². The van der Waals surface area contributed by atoms with Crippen LogP contribution in [0.4, 0.5) is 5.95 Å². The van der Waals surface area contributed by atoms with Crippen molar-refractivity contribution in [1.29, 1.82) is 0 Å². The van der Waals surface area contributed by atoms with Crippen LogP contribution in [-0.2, 0) is 0 Å². The minimum atomic E-state index is 0.459. The van der Waals surface area contributed by atoms with Gasteiger partial charge < -0.3 is 5.73 Å². The lowest BCUT2D eigenvalue weighted by Crippen LogP contribution is -2.00. The van der Waals surface area contributed by atoms with Gasteiger partial charge in [0.2, 0.25) is 5.95 Å². The van der Waals surface area contributed by atoms with E-state index >= 15 is 0 Å². The number of hydrogen-bond acceptors (Lipinski definition) is 3. The number of nitrogens with zero attached hydrogens (tertiary/aromatic N) is 3. The first-order valence-electron chi connectivity index (χ1n) is 6.51. The molecule has 2 N–H and O–H groups in total. The molecule has 5 heteroatoms. The Labute approximate surface area is 129 Å². The summed E-state index contributed by atoms with van der Waals surface area (Å²) >= 11 is 3.50. The van der Waals surface area contributed by atoms with Crippen LogP contribution in [0.3, 0.4) is 0 Å². The van der Waals surface area contributed by atoms with Crippen molar-refractivity contribution in [2.24, 2.45) is 0 Å². The molecule has 0 spiro atoms. The highest BCUT2D eigenvalue weighted by Gasteiger charge is 2.13. The molecule has 0 saturated heterocycles. The molecule has 0 atom stereocenters. The molecule has 0 radical (unpaired) electrons. The van der Waals surface area contributed by atoms with Crippen LogP contribution in [0.5, 0.6) is 0 Å². The summed E-state index contributed by atoms with van der Waals surface area (Å²) in [6.45, 7) is 0. The van der Waals surface area contributed by atoms with Crippen molar-refractivity contribution in [1.82, 2.24) is 14.5 Å². The number of fused-ring (bicyclic) bond motifs is 3. The summed E-state index contributed by atoms with van der Waals surface area (Å²) in [5.74, 6) is 0.459. The number of para-hydroxylation sites is 1. The van der Waals surface area contributed by atoms with Gasteiger partial charge >= 0.3 is 0 Å². The van der Waals surface area contributed by atoms with E-state index in [2.05, 4.69) is 25.9 Å². The molecule has 0 aliphatic heterocycles. The predicted octanol–water partition coefficient (Wildman–Crippen LogP) is 3.92. The molecule has 2 aromatic carbocycles. The number of aromatic nitrogens is 3. The molecule has 21 heavy (non-hydrogen) atoms. The number of pyridine rings is 1. The monoisotopic (exact) mass is 338 g/mol. The van der Waals surface area contributed by atoms with Crippen LogP contribution in [0.25, 0.3) is 27.6 Å². The first-order chi connectivity index (χ1) is 10.2. The molecule has 4 aromatic rings. The predicted molar refractivity (Wildman–Crippen MR) is 88.5 cm³/mol. The largest absolute Gasteiger partial charge is 0.369 e. The molecule has 2 heterocycles. The summed E-state index contributed by atoms with van der Waals surface area (Å²) in [7, 11) is 0. The Morgan fingerprint density at radius 1 is 1.00 bits per heavy atom. The van der Waals surface area contributed by atoms with Crippen LogP contribution in [0.15, 0.2) is 59.2 Å². The number of benzene rings is 2. The Bertz CT molecular complexity index is 975. The van der Waals surface area contributed by atoms with E-state index in [9.17, 15) is 0 Å². The molecule has 0 unspecified atom stereocenters. The van der Waals surface area contributed by atoms with Crippen LogP contribution in [0.1, 0.15) is 0 Å². The minimum Gasteiger partial charge on any atom is -0.369 e. The van der Waals surface area contributed by atoms with Crippen LogP contribution >= 0.6 is 15.9 Å². The SMILES string of the molecule is Nc1nc2cnc3ccccc3c2n1-c1cccc(Br)c1. The Morgan fingerprint density at radius 3 is 2.71 bits per heavy atom. The third kappa shape index (κ3) is 1.89. The van der Waals surface area contributed by atoms with E-state index in [4.69, 9.17) is 5.73 Å². The van der Waals surface area contributed by atoms with E-state index in [0.29, 0.717) is 5.95 Å². The van der Waals surface area contributed by atoms with Gasteiger partial charge in [-0.25, -0.2) is 4.98 Å². The third-order valence-corrected chi connectivity index (χ3v) is 3.98. The average Bonchev–Trinajstić information content (AvgIpc) is 2.83. The summed E-state index contributed by atoms with van der Waals surface area (Å²) in [4.78, 5) is 8.87. The van der Waals surface area contributed by atoms with Gasteiger partial charge in [-0.2, -0.15) is 0 Å². The molecule has 4 nitrogen and oxygen atoms in total. The smallest absolute Gasteiger partial charge is 0.206 e. The summed E-state index contributed by atoms with van der Waals surface area (Å²) in [6.07, 6.45) is 1.77. The number of anilines is 1. The molecular weight excluding hydrogens is 328 g/mol. The summed E-state index contributed by atoms with van der Waals surface area (Å²) in [5, 5.41) is 1.04. The van der Waals surface area contributed by atoms with Crippen molar-refractivity contribution in [2.45, 2.75) is 0 Å². The maximum atomic E-state index is 6.14. The van der Waals surface area contributed by atoms with Gasteiger partial charge in [0.05, 0.1) is 22.9 Å². The second-order valence-electron chi connectivity index (χ2n) is 4.79. The van der Waals surface area contributed by atoms with Gasteiger partial charge in [-0.15, -0.1) is 0 Å². The molecule has 0 aliphatic carbocycles. The van der Waals surface area contributed by atoms with Gasteiger partial charge in [-0.3, -0.25) is 9.55 Å². The second-order valence-corrected chi connectivity index (χ2v) is 5.71. The maximum absolute atomic E-state index is 6.14. The lowest BCUT2D eigenvalue weighted by molar-refractivity contribution is 1.11. The van der Waals surface area contributed by atoms with Crippen molar-refractivity contribution < 1.29 is 0 Å². The molecule has 4 rings (SSSR count). The lowest BCUT2D eigenvalue weighted by Gasteiger charge is -2.08. The zero-order valence-corrected chi connectivity index (χ0v) is 12.6. The molecule has 0 aliphatic rings. The second kappa shape index (κ2) is 4.56. The van der Waals surface area contributed by atoms with Gasteiger partial charge in [0, 0.05) is 9.86 Å². The van der Waals surface area contributed by atoms with Gasteiger partial charge in [0.25, 0.3) is 0 Å². The fraction of sp³-hybridized carbons (Fsp3) is 0. The van der Waals surface area contributed by atoms with E-state index in [1.165, 1.54) is 0 Å². The van der Waals surface area contributed by atoms with Crippen molar-refractivity contribution in [3.05, 3.63) is 59.2 Å². The molecule has 0 fully saturated rings. The van der Waals surface area contributed by atoms with Gasteiger partial charge in [0.1, 0.15) is 5.52 Å². The van der Waals surface area contributed by atoms with E-state index in [-0.39, 0.29) is 0 Å². The van der Waals surface area contributed by atoms with E-state index in [1.54, 1.807) is 6.20 Å². The Hall–Kier alpha value is -2.40. The topological polar surface area (TPSA) is 56.7 Å². The Kier molecular flexibility index (Phi) is 2.68. The fourth-order valence-electron chi connectivity index (χ4n) is 2.60. The highest BCUT2D eigenvalue weighted by atomic mass is 79.9. The Balaban J connectivity index is 2.17. The number of nitrogen functional groups attached to an aromatic ring is 1. The molecule has 102 valence electrons. The highest BCUT2D eigenvalue weighted by Crippen LogP contribution is 2.29. The number of halogens is 1. The highest BCUT2D eigenvalue weighted by molar-refractivity contribution is 9.10. The zero-order chi connectivity index (χ0) is 14.4. The van der Waals surface area contributed by atoms with Crippen LogP contribution < -0.4 is 5.73 Å². The quantitative estimate of drug-likeness (QED) is 0.572. The van der Waals surface area contributed by atoms with E-state index in [0.717, 1.165) is 32.1 Å². The first kappa shape index (κ1) is 12.3. The minimum absolute atomic E-state index is 0.459. The first-order valence-corrected chi connectivity index (χ1v) is 7.31. The fourth-order valence-corrected chi connectivity index (χ4v) is 2.98. The summed E-state index contributed by atoms with van der Waals surface area (Å²) in [6, 6.07) is 16.0. The summed E-state index contributed by atoms with van der Waals surface area (Å²) in [5.41, 5.74) is 9.82. The standard InChI is InChI=1S/C16H11BrN4/c17-10-4-3-5-11(8-10)21-15-12-6-1-2-7-13(12)19-9-14(15)20-16(21)18/h1-9H,(H2,18,20). The summed E-state index contributed by atoms with van der Waals surface area (Å²) < 4.78 is 2.96. The zero-order valence-electron chi connectivity index (χ0n) is 11.0. The molecule has 2 aromatic heterocycles. The van der Waals surface area contributed by atoms with Crippen LogP contribution in [0, 0.1) is 0 Å².